The average molecular weight is 308 g/mol. The molecule has 0 saturated carbocycles. The number of carboxylic acid groups (broad SMARTS) is 1. The number of sulfonamides is 1. The van der Waals surface area contributed by atoms with Crippen molar-refractivity contribution in [3.63, 3.8) is 0 Å². The van der Waals surface area contributed by atoms with Crippen LogP contribution < -0.4 is 4.72 Å². The predicted octanol–water partition coefficient (Wildman–Crippen LogP) is 2.06. The molecule has 0 radical (unpaired) electrons. The predicted molar refractivity (Wildman–Crippen MR) is 77.7 cm³/mol. The van der Waals surface area contributed by atoms with Crippen molar-refractivity contribution in [3.05, 3.63) is 53.3 Å². The molecule has 0 amide bonds. The highest BCUT2D eigenvalue weighted by atomic mass is 32.2. The third-order valence-electron chi connectivity index (χ3n) is 3.18. The lowest BCUT2D eigenvalue weighted by Crippen LogP contribution is -2.27. The summed E-state index contributed by atoms with van der Waals surface area (Å²) in [4.78, 5) is 13.1. The van der Waals surface area contributed by atoms with E-state index in [1.165, 1.54) is 0 Å². The Balaban J connectivity index is 2.24. The van der Waals surface area contributed by atoms with Crippen LogP contribution in [0.25, 0.3) is 0 Å². The molecule has 112 valence electrons. The quantitative estimate of drug-likeness (QED) is 0.787. The van der Waals surface area contributed by atoms with Crippen LogP contribution in [0.4, 0.5) is 0 Å². The van der Waals surface area contributed by atoms with Gasteiger partial charge in [-0.25, -0.2) is 17.9 Å². The lowest BCUT2D eigenvalue weighted by molar-refractivity contribution is 0.0691. The summed E-state index contributed by atoms with van der Waals surface area (Å²) >= 11 is 0. The molecule has 6 nitrogen and oxygen atoms in total. The summed E-state index contributed by atoms with van der Waals surface area (Å²) in [5.74, 6) is -1.21. The monoisotopic (exact) mass is 308 g/mol. The van der Waals surface area contributed by atoms with Crippen LogP contribution in [0.3, 0.4) is 0 Å². The molecule has 0 fully saturated rings. The van der Waals surface area contributed by atoms with Crippen molar-refractivity contribution in [2.75, 3.05) is 0 Å². The van der Waals surface area contributed by atoms with Gasteiger partial charge in [-0.2, -0.15) is 0 Å². The first-order valence-electron chi connectivity index (χ1n) is 6.31. The van der Waals surface area contributed by atoms with Crippen molar-refractivity contribution in [3.8, 4) is 0 Å². The van der Waals surface area contributed by atoms with Crippen LogP contribution >= 0.6 is 0 Å². The summed E-state index contributed by atoms with van der Waals surface area (Å²) in [6.07, 6.45) is 1.16. The Labute approximate surface area is 122 Å². The van der Waals surface area contributed by atoms with Crippen molar-refractivity contribution in [1.29, 1.82) is 0 Å². The Kier molecular flexibility index (Phi) is 4.15. The molecule has 0 aliphatic rings. The molecule has 3 N–H and O–H groups in total. The van der Waals surface area contributed by atoms with Crippen LogP contribution in [0.5, 0.6) is 0 Å². The van der Waals surface area contributed by atoms with Gasteiger partial charge in [0, 0.05) is 12.2 Å². The maximum atomic E-state index is 12.2. The first-order valence-corrected chi connectivity index (χ1v) is 7.79. The van der Waals surface area contributed by atoms with Crippen LogP contribution in [0.15, 0.2) is 41.4 Å². The Bertz CT molecular complexity index is 765. The smallest absolute Gasteiger partial charge is 0.352 e. The van der Waals surface area contributed by atoms with E-state index in [0.29, 0.717) is 0 Å². The van der Waals surface area contributed by atoms with Crippen molar-refractivity contribution in [1.82, 2.24) is 9.71 Å². The molecule has 0 bridgehead atoms. The standard InChI is InChI=1S/C14H16N2O4S/c1-9-5-3-4-6-12(9)10(2)16-21(19,20)11-7-13(14(17)18)15-8-11/h3-8,10,15-16H,1-2H3,(H,17,18)/t10-/m0/s1. The van der Waals surface area contributed by atoms with E-state index in [9.17, 15) is 13.2 Å². The minimum absolute atomic E-state index is 0.0969. The highest BCUT2D eigenvalue weighted by molar-refractivity contribution is 7.89. The Morgan fingerprint density at radius 1 is 1.33 bits per heavy atom. The number of nitrogens with one attached hydrogen (secondary N) is 2. The first kappa shape index (κ1) is 15.3. The molecule has 21 heavy (non-hydrogen) atoms. The van der Waals surface area contributed by atoms with Gasteiger partial charge in [0.15, 0.2) is 0 Å². The van der Waals surface area contributed by atoms with E-state index in [2.05, 4.69) is 9.71 Å². The Hall–Kier alpha value is -2.12. The molecular weight excluding hydrogens is 292 g/mol. The van der Waals surface area contributed by atoms with E-state index in [4.69, 9.17) is 5.11 Å². The van der Waals surface area contributed by atoms with E-state index in [0.717, 1.165) is 23.4 Å². The SMILES string of the molecule is Cc1ccccc1[C@H](C)NS(=O)(=O)c1c[nH]c(C(=O)O)c1. The third kappa shape index (κ3) is 3.32. The molecule has 0 aliphatic carbocycles. The Morgan fingerprint density at radius 2 is 2.00 bits per heavy atom. The van der Waals surface area contributed by atoms with E-state index in [-0.39, 0.29) is 10.6 Å². The minimum Gasteiger partial charge on any atom is -0.477 e. The number of hydrogen-bond donors (Lipinski definition) is 3. The number of hydrogen-bond acceptors (Lipinski definition) is 3. The lowest BCUT2D eigenvalue weighted by atomic mass is 10.0. The van der Waals surface area contributed by atoms with Gasteiger partial charge in [-0.15, -0.1) is 0 Å². The van der Waals surface area contributed by atoms with E-state index < -0.39 is 22.0 Å². The van der Waals surface area contributed by atoms with Gasteiger partial charge in [-0.3, -0.25) is 0 Å². The molecule has 1 heterocycles. The topological polar surface area (TPSA) is 99.3 Å². The number of benzene rings is 1. The summed E-state index contributed by atoms with van der Waals surface area (Å²) in [5.41, 5.74) is 1.68. The second-order valence-corrected chi connectivity index (χ2v) is 6.47. The molecule has 0 spiro atoms. The van der Waals surface area contributed by atoms with Crippen LogP contribution in [-0.4, -0.2) is 24.5 Å². The minimum atomic E-state index is -3.78. The first-order chi connectivity index (χ1) is 9.81. The summed E-state index contributed by atoms with van der Waals surface area (Å²) in [5, 5.41) is 8.81. The van der Waals surface area contributed by atoms with Crippen LogP contribution in [0, 0.1) is 6.92 Å². The van der Waals surface area contributed by atoms with Crippen molar-refractivity contribution < 1.29 is 18.3 Å². The van der Waals surface area contributed by atoms with Gasteiger partial charge in [0.2, 0.25) is 10.0 Å². The summed E-state index contributed by atoms with van der Waals surface area (Å²) in [6, 6.07) is 8.15. The van der Waals surface area contributed by atoms with Crippen molar-refractivity contribution in [2.45, 2.75) is 24.8 Å². The van der Waals surface area contributed by atoms with Gasteiger partial charge in [-0.05, 0) is 31.0 Å². The average Bonchev–Trinajstić information content (AvgIpc) is 2.89. The van der Waals surface area contributed by atoms with E-state index in [1.54, 1.807) is 6.92 Å². The van der Waals surface area contributed by atoms with Gasteiger partial charge in [0.05, 0.1) is 0 Å². The fourth-order valence-electron chi connectivity index (χ4n) is 2.09. The number of aromatic carboxylic acids is 1. The summed E-state index contributed by atoms with van der Waals surface area (Å²) in [7, 11) is -3.78. The molecule has 1 atom stereocenters. The molecule has 2 aromatic rings. The number of carbonyl (C=O) groups is 1. The molecule has 0 aliphatic heterocycles. The van der Waals surface area contributed by atoms with E-state index in [1.807, 2.05) is 31.2 Å². The van der Waals surface area contributed by atoms with E-state index >= 15 is 0 Å². The highest BCUT2D eigenvalue weighted by Gasteiger charge is 2.21. The molecule has 1 aromatic heterocycles. The largest absolute Gasteiger partial charge is 0.477 e. The highest BCUT2D eigenvalue weighted by Crippen LogP contribution is 2.20. The fourth-order valence-corrected chi connectivity index (χ4v) is 3.31. The van der Waals surface area contributed by atoms with Gasteiger partial charge >= 0.3 is 5.97 Å². The maximum absolute atomic E-state index is 12.2. The molecule has 0 saturated heterocycles. The molecular formula is C14H16N2O4S. The maximum Gasteiger partial charge on any atom is 0.352 e. The third-order valence-corrected chi connectivity index (χ3v) is 4.70. The number of aromatic amines is 1. The summed E-state index contributed by atoms with van der Waals surface area (Å²) in [6.45, 7) is 3.64. The molecule has 1 aromatic carbocycles. The van der Waals surface area contributed by atoms with Gasteiger partial charge in [0.1, 0.15) is 10.6 Å². The number of aryl methyl sites for hydroxylation is 1. The molecule has 2 rings (SSSR count). The zero-order chi connectivity index (χ0) is 15.6. The lowest BCUT2D eigenvalue weighted by Gasteiger charge is -2.16. The van der Waals surface area contributed by atoms with Gasteiger partial charge < -0.3 is 10.1 Å². The van der Waals surface area contributed by atoms with Crippen LogP contribution in [-0.2, 0) is 10.0 Å². The van der Waals surface area contributed by atoms with Crippen LogP contribution in [0.2, 0.25) is 0 Å². The zero-order valence-electron chi connectivity index (χ0n) is 11.6. The Morgan fingerprint density at radius 3 is 2.57 bits per heavy atom. The van der Waals surface area contributed by atoms with Crippen LogP contribution in [0.1, 0.15) is 34.6 Å². The second-order valence-electron chi connectivity index (χ2n) is 4.75. The number of aromatic nitrogens is 1. The number of carboxylic acids is 1. The van der Waals surface area contributed by atoms with Crippen molar-refractivity contribution in [2.24, 2.45) is 0 Å². The number of rotatable bonds is 5. The van der Waals surface area contributed by atoms with Crippen molar-refractivity contribution >= 4 is 16.0 Å². The summed E-state index contributed by atoms with van der Waals surface area (Å²) < 4.78 is 27.0. The zero-order valence-corrected chi connectivity index (χ0v) is 12.4. The second kappa shape index (κ2) is 5.71. The van der Waals surface area contributed by atoms with Gasteiger partial charge in [0.25, 0.3) is 0 Å². The fraction of sp³-hybridized carbons (Fsp3) is 0.214. The number of H-pyrrole nitrogens is 1. The normalized spacial score (nSPS) is 13.0. The van der Waals surface area contributed by atoms with Gasteiger partial charge in [-0.1, -0.05) is 24.3 Å². The molecule has 0 unspecified atom stereocenters. The molecule has 7 heteroatoms.